The van der Waals surface area contributed by atoms with Crippen molar-refractivity contribution in [1.29, 1.82) is 0 Å². The van der Waals surface area contributed by atoms with Gasteiger partial charge in [0.25, 0.3) is 0 Å². The Morgan fingerprint density at radius 3 is 2.47 bits per heavy atom. The predicted octanol–water partition coefficient (Wildman–Crippen LogP) is 3.17. The van der Waals surface area contributed by atoms with Gasteiger partial charge in [0.05, 0.1) is 0 Å². The molecule has 0 spiro atoms. The first-order chi connectivity index (χ1) is 8.08. The largest absolute Gasteiger partial charge is 0.505 e. The second-order valence-corrected chi connectivity index (χ2v) is 3.30. The van der Waals surface area contributed by atoms with Crippen LogP contribution in [0.3, 0.4) is 0 Å². The van der Waals surface area contributed by atoms with Crippen molar-refractivity contribution in [3.63, 3.8) is 0 Å². The minimum Gasteiger partial charge on any atom is -0.505 e. The summed E-state index contributed by atoms with van der Waals surface area (Å²) >= 11 is 0. The van der Waals surface area contributed by atoms with Crippen molar-refractivity contribution in [3.8, 4) is 23.0 Å². The second-order valence-electron chi connectivity index (χ2n) is 3.30. The standard InChI is InChI=1S/C12H8F2O3/c13-7-2-1-3-8(6-7)17-10-5-4-9(15)11(14)12(10)16/h1-6,15-16H. The monoisotopic (exact) mass is 238 g/mol. The second kappa shape index (κ2) is 4.29. The third-order valence-corrected chi connectivity index (χ3v) is 2.08. The van der Waals surface area contributed by atoms with Crippen LogP contribution in [0.15, 0.2) is 36.4 Å². The molecule has 0 unspecified atom stereocenters. The molecule has 0 amide bonds. The van der Waals surface area contributed by atoms with Gasteiger partial charge in [0, 0.05) is 6.07 Å². The average Bonchev–Trinajstić information content (AvgIpc) is 2.30. The van der Waals surface area contributed by atoms with Crippen molar-refractivity contribution in [2.75, 3.05) is 0 Å². The maximum absolute atomic E-state index is 13.1. The lowest BCUT2D eigenvalue weighted by Gasteiger charge is -2.08. The molecule has 17 heavy (non-hydrogen) atoms. The van der Waals surface area contributed by atoms with E-state index in [1.54, 1.807) is 0 Å². The summed E-state index contributed by atoms with van der Waals surface area (Å²) in [6.07, 6.45) is 0. The molecule has 0 saturated heterocycles. The van der Waals surface area contributed by atoms with Gasteiger partial charge in [-0.25, -0.2) is 4.39 Å². The Hall–Kier alpha value is -2.30. The Balaban J connectivity index is 2.34. The number of halogens is 2. The molecule has 0 aliphatic carbocycles. The van der Waals surface area contributed by atoms with E-state index in [0.29, 0.717) is 0 Å². The summed E-state index contributed by atoms with van der Waals surface area (Å²) in [7, 11) is 0. The van der Waals surface area contributed by atoms with E-state index in [0.717, 1.165) is 12.1 Å². The van der Waals surface area contributed by atoms with E-state index >= 15 is 0 Å². The summed E-state index contributed by atoms with van der Waals surface area (Å²) in [4.78, 5) is 0. The molecule has 0 saturated carbocycles. The van der Waals surface area contributed by atoms with Crippen LogP contribution >= 0.6 is 0 Å². The van der Waals surface area contributed by atoms with Crippen LogP contribution in [0.1, 0.15) is 0 Å². The molecule has 0 aromatic heterocycles. The Labute approximate surface area is 95.5 Å². The highest BCUT2D eigenvalue weighted by Crippen LogP contribution is 2.36. The third-order valence-electron chi connectivity index (χ3n) is 2.08. The number of aromatic hydroxyl groups is 2. The zero-order chi connectivity index (χ0) is 12.4. The molecule has 5 heteroatoms. The van der Waals surface area contributed by atoms with E-state index in [9.17, 15) is 13.9 Å². The van der Waals surface area contributed by atoms with Crippen molar-refractivity contribution in [2.45, 2.75) is 0 Å². The van der Waals surface area contributed by atoms with Crippen molar-refractivity contribution < 1.29 is 23.7 Å². The molecule has 0 aliphatic rings. The molecule has 2 aromatic carbocycles. The molecule has 0 aliphatic heterocycles. The fourth-order valence-corrected chi connectivity index (χ4v) is 1.28. The van der Waals surface area contributed by atoms with Crippen molar-refractivity contribution in [3.05, 3.63) is 48.0 Å². The first-order valence-electron chi connectivity index (χ1n) is 4.72. The van der Waals surface area contributed by atoms with E-state index in [1.807, 2.05) is 0 Å². The van der Waals surface area contributed by atoms with Gasteiger partial charge in [0.15, 0.2) is 17.2 Å². The highest BCUT2D eigenvalue weighted by atomic mass is 19.1. The molecule has 88 valence electrons. The van der Waals surface area contributed by atoms with Gasteiger partial charge >= 0.3 is 0 Å². The number of phenolic OH excluding ortho intramolecular Hbond substituents is 2. The molecule has 2 aromatic rings. The lowest BCUT2D eigenvalue weighted by molar-refractivity contribution is 0.361. The van der Waals surface area contributed by atoms with Gasteiger partial charge in [-0.1, -0.05) is 6.07 Å². The number of hydrogen-bond acceptors (Lipinski definition) is 3. The summed E-state index contributed by atoms with van der Waals surface area (Å²) < 4.78 is 31.1. The Kier molecular flexibility index (Phi) is 2.82. The van der Waals surface area contributed by atoms with E-state index in [-0.39, 0.29) is 11.5 Å². The fraction of sp³-hybridized carbons (Fsp3) is 0. The maximum Gasteiger partial charge on any atom is 0.210 e. The van der Waals surface area contributed by atoms with Gasteiger partial charge in [0.1, 0.15) is 11.6 Å². The number of rotatable bonds is 2. The van der Waals surface area contributed by atoms with Crippen LogP contribution in [-0.2, 0) is 0 Å². The highest BCUT2D eigenvalue weighted by Gasteiger charge is 2.13. The molecule has 0 heterocycles. The van der Waals surface area contributed by atoms with Crippen LogP contribution in [0.4, 0.5) is 8.78 Å². The minimum atomic E-state index is -1.18. The molecule has 3 nitrogen and oxygen atoms in total. The summed E-state index contributed by atoms with van der Waals surface area (Å²) in [6, 6.07) is 7.39. The van der Waals surface area contributed by atoms with Crippen LogP contribution < -0.4 is 4.74 Å². The molecule has 0 atom stereocenters. The molecule has 0 fully saturated rings. The average molecular weight is 238 g/mol. The third kappa shape index (κ3) is 2.28. The van der Waals surface area contributed by atoms with Gasteiger partial charge in [-0.15, -0.1) is 0 Å². The first kappa shape index (κ1) is 11.2. The topological polar surface area (TPSA) is 49.7 Å². The van der Waals surface area contributed by atoms with Crippen LogP contribution in [0.5, 0.6) is 23.0 Å². The first-order valence-corrected chi connectivity index (χ1v) is 4.72. The van der Waals surface area contributed by atoms with Crippen molar-refractivity contribution in [1.82, 2.24) is 0 Å². The molecule has 0 bridgehead atoms. The van der Waals surface area contributed by atoms with Crippen molar-refractivity contribution in [2.24, 2.45) is 0 Å². The molecule has 2 N–H and O–H groups in total. The van der Waals surface area contributed by atoms with Gasteiger partial charge in [-0.3, -0.25) is 0 Å². The summed E-state index contributed by atoms with van der Waals surface area (Å²) in [5.41, 5.74) is 0. The van der Waals surface area contributed by atoms with Crippen LogP contribution in [0, 0.1) is 11.6 Å². The molecular formula is C12H8F2O3. The zero-order valence-electron chi connectivity index (χ0n) is 8.52. The van der Waals surface area contributed by atoms with Crippen LogP contribution in [-0.4, -0.2) is 10.2 Å². The normalized spacial score (nSPS) is 10.2. The van der Waals surface area contributed by atoms with Gasteiger partial charge in [-0.2, -0.15) is 4.39 Å². The summed E-state index contributed by atoms with van der Waals surface area (Å²) in [5.74, 6) is -3.29. The molecular weight excluding hydrogens is 230 g/mol. The molecule has 2 rings (SSSR count). The van der Waals surface area contributed by atoms with Crippen molar-refractivity contribution >= 4 is 0 Å². The smallest absolute Gasteiger partial charge is 0.210 e. The molecule has 0 radical (unpaired) electrons. The fourth-order valence-electron chi connectivity index (χ4n) is 1.28. The van der Waals surface area contributed by atoms with Crippen LogP contribution in [0.2, 0.25) is 0 Å². The Morgan fingerprint density at radius 2 is 1.76 bits per heavy atom. The van der Waals surface area contributed by atoms with E-state index in [2.05, 4.69) is 0 Å². The van der Waals surface area contributed by atoms with Gasteiger partial charge in [-0.05, 0) is 24.3 Å². The Bertz CT molecular complexity index is 555. The van der Waals surface area contributed by atoms with E-state index in [1.165, 1.54) is 24.3 Å². The number of phenols is 2. The van der Waals surface area contributed by atoms with Gasteiger partial charge in [0.2, 0.25) is 5.82 Å². The number of benzene rings is 2. The zero-order valence-corrected chi connectivity index (χ0v) is 8.52. The minimum absolute atomic E-state index is 0.116. The summed E-state index contributed by atoms with van der Waals surface area (Å²) in [5, 5.41) is 18.3. The van der Waals surface area contributed by atoms with E-state index < -0.39 is 23.1 Å². The van der Waals surface area contributed by atoms with Crippen LogP contribution in [0.25, 0.3) is 0 Å². The highest BCUT2D eigenvalue weighted by molar-refractivity contribution is 5.47. The lowest BCUT2D eigenvalue weighted by atomic mass is 10.3. The SMILES string of the molecule is Oc1ccc(Oc2cccc(F)c2)c(O)c1F. The Morgan fingerprint density at radius 1 is 1.00 bits per heavy atom. The number of ether oxygens (including phenoxy) is 1. The lowest BCUT2D eigenvalue weighted by Crippen LogP contribution is -1.88. The predicted molar refractivity (Wildman–Crippen MR) is 56.2 cm³/mol. The summed E-state index contributed by atoms with van der Waals surface area (Å²) in [6.45, 7) is 0. The maximum atomic E-state index is 13.1. The van der Waals surface area contributed by atoms with Gasteiger partial charge < -0.3 is 14.9 Å². The number of hydrogen-bond donors (Lipinski definition) is 2. The van der Waals surface area contributed by atoms with E-state index in [4.69, 9.17) is 9.84 Å². The quantitative estimate of drug-likeness (QED) is 0.844.